The highest BCUT2D eigenvalue weighted by Gasteiger charge is 2.17. The van der Waals surface area contributed by atoms with Gasteiger partial charge in [0, 0.05) is 13.1 Å². The van der Waals surface area contributed by atoms with Gasteiger partial charge in [0.2, 0.25) is 0 Å². The van der Waals surface area contributed by atoms with E-state index in [1.165, 1.54) is 22.9 Å². The second kappa shape index (κ2) is 4.40. The average molecular weight is 247 g/mol. The normalized spacial score (nSPS) is 10.3. The third-order valence-electron chi connectivity index (χ3n) is 2.49. The Balaban J connectivity index is 2.30. The molecule has 1 heterocycles. The smallest absolute Gasteiger partial charge is 0.264 e. The van der Waals surface area contributed by atoms with Crippen LogP contribution in [0.5, 0.6) is 11.5 Å². The van der Waals surface area contributed by atoms with Gasteiger partial charge in [0.05, 0.1) is 5.69 Å². The maximum atomic E-state index is 11.9. The van der Waals surface area contributed by atoms with Crippen LogP contribution < -0.4 is 5.32 Å². The van der Waals surface area contributed by atoms with Crippen LogP contribution in [0.2, 0.25) is 0 Å². The van der Waals surface area contributed by atoms with Gasteiger partial charge in [-0.15, -0.1) is 0 Å². The molecule has 0 aliphatic rings. The van der Waals surface area contributed by atoms with E-state index < -0.39 is 5.91 Å². The summed E-state index contributed by atoms with van der Waals surface area (Å²) in [6.45, 7) is 1.80. The minimum atomic E-state index is -0.589. The number of carbonyl (C=O) groups excluding carboxylic acids is 1. The fourth-order valence-corrected chi connectivity index (χ4v) is 1.67. The van der Waals surface area contributed by atoms with E-state index in [0.717, 1.165) is 5.69 Å². The van der Waals surface area contributed by atoms with Crippen molar-refractivity contribution >= 4 is 11.7 Å². The number of carbonyl (C=O) groups is 1. The van der Waals surface area contributed by atoms with E-state index in [0.29, 0.717) is 5.82 Å². The number of aryl methyl sites for hydroxylation is 2. The van der Waals surface area contributed by atoms with Crippen LogP contribution in [0.3, 0.4) is 0 Å². The number of aromatic nitrogens is 2. The van der Waals surface area contributed by atoms with E-state index in [2.05, 4.69) is 10.4 Å². The van der Waals surface area contributed by atoms with Crippen LogP contribution in [0.4, 0.5) is 5.82 Å². The molecular weight excluding hydrogens is 234 g/mol. The molecule has 1 aromatic heterocycles. The number of hydrogen-bond acceptors (Lipinski definition) is 4. The van der Waals surface area contributed by atoms with Gasteiger partial charge in [0.25, 0.3) is 5.91 Å². The number of rotatable bonds is 2. The van der Waals surface area contributed by atoms with E-state index in [-0.39, 0.29) is 17.1 Å². The Kier molecular flexibility index (Phi) is 2.93. The van der Waals surface area contributed by atoms with Gasteiger partial charge in [-0.1, -0.05) is 6.07 Å². The molecule has 0 atom stereocenters. The number of nitrogens with one attached hydrogen (secondary N) is 1. The molecule has 6 nitrogen and oxygen atoms in total. The predicted molar refractivity (Wildman–Crippen MR) is 65.7 cm³/mol. The number of anilines is 1. The van der Waals surface area contributed by atoms with Crippen molar-refractivity contribution in [1.29, 1.82) is 0 Å². The summed E-state index contributed by atoms with van der Waals surface area (Å²) in [6.07, 6.45) is 0. The Labute approximate surface area is 103 Å². The van der Waals surface area contributed by atoms with Crippen molar-refractivity contribution in [2.75, 3.05) is 5.32 Å². The lowest BCUT2D eigenvalue weighted by atomic mass is 10.1. The fourth-order valence-electron chi connectivity index (χ4n) is 1.67. The van der Waals surface area contributed by atoms with E-state index in [1.807, 2.05) is 0 Å². The van der Waals surface area contributed by atoms with Gasteiger partial charge in [0.1, 0.15) is 22.9 Å². The first-order valence-electron chi connectivity index (χ1n) is 5.32. The molecule has 1 amide bonds. The zero-order chi connectivity index (χ0) is 13.3. The van der Waals surface area contributed by atoms with E-state index in [1.54, 1.807) is 20.0 Å². The summed E-state index contributed by atoms with van der Waals surface area (Å²) < 4.78 is 1.50. The molecule has 2 aromatic rings. The maximum Gasteiger partial charge on any atom is 0.264 e. The number of amides is 1. The predicted octanol–water partition coefficient (Wildman–Crippen LogP) is 1.39. The fraction of sp³-hybridized carbons (Fsp3) is 0.167. The summed E-state index contributed by atoms with van der Waals surface area (Å²) in [5.74, 6) is -0.647. The summed E-state index contributed by atoms with van der Waals surface area (Å²) in [5.41, 5.74) is 0.602. The number of benzene rings is 1. The number of nitrogens with zero attached hydrogens (tertiary/aromatic N) is 2. The largest absolute Gasteiger partial charge is 0.507 e. The first kappa shape index (κ1) is 12.0. The van der Waals surface area contributed by atoms with Crippen molar-refractivity contribution in [2.45, 2.75) is 6.92 Å². The molecule has 0 saturated heterocycles. The van der Waals surface area contributed by atoms with Gasteiger partial charge in [-0.2, -0.15) is 5.10 Å². The molecule has 6 heteroatoms. The van der Waals surface area contributed by atoms with Crippen LogP contribution in [0.1, 0.15) is 16.1 Å². The van der Waals surface area contributed by atoms with Gasteiger partial charge in [-0.25, -0.2) is 0 Å². The Morgan fingerprint density at radius 1 is 1.33 bits per heavy atom. The van der Waals surface area contributed by atoms with Gasteiger partial charge in [-0.05, 0) is 19.1 Å². The number of phenolic OH excluding ortho intramolecular Hbond substituents is 2. The third kappa shape index (κ3) is 2.13. The van der Waals surface area contributed by atoms with Crippen molar-refractivity contribution in [2.24, 2.45) is 7.05 Å². The molecule has 0 radical (unpaired) electrons. The quantitative estimate of drug-likeness (QED) is 0.748. The molecule has 3 N–H and O–H groups in total. The Bertz CT molecular complexity index is 584. The molecule has 0 bridgehead atoms. The second-order valence-corrected chi connectivity index (χ2v) is 3.92. The van der Waals surface area contributed by atoms with Crippen LogP contribution in [0, 0.1) is 6.92 Å². The van der Waals surface area contributed by atoms with E-state index in [4.69, 9.17) is 0 Å². The molecule has 0 aliphatic carbocycles. The van der Waals surface area contributed by atoms with E-state index >= 15 is 0 Å². The van der Waals surface area contributed by atoms with Crippen LogP contribution in [0.25, 0.3) is 0 Å². The zero-order valence-corrected chi connectivity index (χ0v) is 10.0. The summed E-state index contributed by atoms with van der Waals surface area (Å²) in [7, 11) is 1.69. The number of aromatic hydroxyl groups is 2. The standard InChI is InChI=1S/C12H13N3O3/c1-7-6-10(15(2)14-7)13-12(18)11-8(16)4-3-5-9(11)17/h3-6,16-17H,1-2H3,(H,13,18). The van der Waals surface area contributed by atoms with Gasteiger partial charge in [0.15, 0.2) is 0 Å². The summed E-state index contributed by atoms with van der Waals surface area (Å²) in [4.78, 5) is 11.9. The minimum Gasteiger partial charge on any atom is -0.507 e. The molecule has 94 valence electrons. The number of hydrogen-bond donors (Lipinski definition) is 3. The highest BCUT2D eigenvalue weighted by atomic mass is 16.3. The van der Waals surface area contributed by atoms with Crippen LogP contribution >= 0.6 is 0 Å². The van der Waals surface area contributed by atoms with Crippen LogP contribution in [0.15, 0.2) is 24.3 Å². The molecule has 18 heavy (non-hydrogen) atoms. The lowest BCUT2D eigenvalue weighted by Gasteiger charge is -2.08. The first-order chi connectivity index (χ1) is 8.49. The monoisotopic (exact) mass is 247 g/mol. The zero-order valence-electron chi connectivity index (χ0n) is 10.0. The van der Waals surface area contributed by atoms with Crippen molar-refractivity contribution in [1.82, 2.24) is 9.78 Å². The Morgan fingerprint density at radius 2 is 1.94 bits per heavy atom. The molecule has 1 aromatic carbocycles. The average Bonchev–Trinajstić information content (AvgIpc) is 2.57. The summed E-state index contributed by atoms with van der Waals surface area (Å²) in [6, 6.07) is 5.82. The van der Waals surface area contributed by atoms with Crippen LogP contribution in [-0.2, 0) is 7.05 Å². The van der Waals surface area contributed by atoms with Gasteiger partial charge < -0.3 is 15.5 Å². The van der Waals surface area contributed by atoms with Gasteiger partial charge in [-0.3, -0.25) is 9.48 Å². The molecule has 0 fully saturated rings. The lowest BCUT2D eigenvalue weighted by Crippen LogP contribution is -2.14. The van der Waals surface area contributed by atoms with Crippen molar-refractivity contribution in [3.8, 4) is 11.5 Å². The highest BCUT2D eigenvalue weighted by molar-refractivity contribution is 6.07. The van der Waals surface area contributed by atoms with E-state index in [9.17, 15) is 15.0 Å². The highest BCUT2D eigenvalue weighted by Crippen LogP contribution is 2.27. The SMILES string of the molecule is Cc1cc(NC(=O)c2c(O)cccc2O)n(C)n1. The Morgan fingerprint density at radius 3 is 2.44 bits per heavy atom. The van der Waals surface area contributed by atoms with Crippen molar-refractivity contribution in [3.05, 3.63) is 35.5 Å². The maximum absolute atomic E-state index is 11.9. The van der Waals surface area contributed by atoms with Crippen molar-refractivity contribution in [3.63, 3.8) is 0 Å². The molecule has 0 aliphatic heterocycles. The molecule has 0 spiro atoms. The molecule has 0 unspecified atom stereocenters. The molecule has 2 rings (SSSR count). The van der Waals surface area contributed by atoms with Crippen molar-refractivity contribution < 1.29 is 15.0 Å². The second-order valence-electron chi connectivity index (χ2n) is 3.92. The van der Waals surface area contributed by atoms with Gasteiger partial charge >= 0.3 is 0 Å². The molecular formula is C12H13N3O3. The summed E-state index contributed by atoms with van der Waals surface area (Å²) in [5, 5.41) is 25.8. The van der Waals surface area contributed by atoms with Crippen LogP contribution in [-0.4, -0.2) is 25.9 Å². The minimum absolute atomic E-state index is 0.156. The third-order valence-corrected chi connectivity index (χ3v) is 2.49. The lowest BCUT2D eigenvalue weighted by molar-refractivity contribution is 0.102. The first-order valence-corrected chi connectivity index (χ1v) is 5.32. The topological polar surface area (TPSA) is 87.4 Å². The number of phenols is 2. The summed E-state index contributed by atoms with van der Waals surface area (Å²) >= 11 is 0. The molecule has 0 saturated carbocycles. The Hall–Kier alpha value is -2.50.